The smallest absolute Gasteiger partial charge is 0.407 e. The zero-order valence-electron chi connectivity index (χ0n) is 39.9. The summed E-state index contributed by atoms with van der Waals surface area (Å²) >= 11 is 0. The van der Waals surface area contributed by atoms with E-state index in [1.165, 1.54) is 0 Å². The molecular weight excluding hydrogens is 825 g/mol. The highest BCUT2D eigenvalue weighted by molar-refractivity contribution is 6.31. The van der Waals surface area contributed by atoms with Crippen molar-refractivity contribution in [1.29, 1.82) is 0 Å². The molecule has 0 heterocycles. The summed E-state index contributed by atoms with van der Waals surface area (Å²) in [5.41, 5.74) is -0.534. The number of anilines is 2. The Morgan fingerprint density at radius 2 is 0.672 bits per heavy atom. The van der Waals surface area contributed by atoms with E-state index in [4.69, 9.17) is 18.9 Å². The first-order valence-electron chi connectivity index (χ1n) is 21.9. The van der Waals surface area contributed by atoms with Crippen LogP contribution in [0.15, 0.2) is 36.4 Å². The fourth-order valence-electron chi connectivity index (χ4n) is 6.41. The average molecular weight is 897 g/mol. The SMILES string of the molecule is CC(C)(C)OC(=O)NCCN(CCNC(=O)OC(C)(C)C)CCNc1ccc(NCCN(CCNC(=O)OC(C)(C)C)CCNC(=O)OC(C)(C)C)c2c1C(=O)c1ccccc1C2=O. The van der Waals surface area contributed by atoms with Crippen LogP contribution in [0, 0.1) is 0 Å². The minimum absolute atomic E-state index is 0.249. The number of nitrogens with one attached hydrogen (secondary N) is 6. The Bertz CT molecular complexity index is 1720. The highest BCUT2D eigenvalue weighted by Crippen LogP contribution is 2.36. The average Bonchev–Trinajstić information content (AvgIpc) is 3.14. The highest BCUT2D eigenvalue weighted by Gasteiger charge is 2.34. The molecule has 356 valence electrons. The third kappa shape index (κ3) is 19.4. The molecule has 0 unspecified atom stereocenters. The van der Waals surface area contributed by atoms with Crippen LogP contribution in [0.1, 0.15) is 115 Å². The number of carbonyl (C=O) groups excluding carboxylic acids is 6. The molecular formula is C46H72N8O10. The van der Waals surface area contributed by atoms with Gasteiger partial charge in [0.05, 0.1) is 11.1 Å². The summed E-state index contributed by atoms with van der Waals surface area (Å²) in [6.45, 7) is 25.8. The van der Waals surface area contributed by atoms with Gasteiger partial charge in [0.25, 0.3) is 0 Å². The van der Waals surface area contributed by atoms with Crippen LogP contribution in [-0.2, 0) is 18.9 Å². The van der Waals surface area contributed by atoms with Gasteiger partial charge in [-0.15, -0.1) is 0 Å². The number of ketones is 2. The van der Waals surface area contributed by atoms with E-state index in [2.05, 4.69) is 31.9 Å². The third-order valence-corrected chi connectivity index (χ3v) is 8.95. The molecule has 64 heavy (non-hydrogen) atoms. The van der Waals surface area contributed by atoms with Crippen molar-refractivity contribution in [3.63, 3.8) is 0 Å². The number of benzene rings is 2. The van der Waals surface area contributed by atoms with E-state index in [0.29, 0.717) is 74.9 Å². The number of rotatable bonds is 20. The maximum Gasteiger partial charge on any atom is 0.407 e. The summed E-state index contributed by atoms with van der Waals surface area (Å²) < 4.78 is 21.5. The van der Waals surface area contributed by atoms with Gasteiger partial charge < -0.3 is 50.8 Å². The number of hydrogen-bond donors (Lipinski definition) is 6. The highest BCUT2D eigenvalue weighted by atomic mass is 16.6. The number of hydrogen-bond acceptors (Lipinski definition) is 14. The number of amides is 4. The van der Waals surface area contributed by atoms with Crippen molar-refractivity contribution in [1.82, 2.24) is 31.1 Å². The van der Waals surface area contributed by atoms with Crippen LogP contribution >= 0.6 is 0 Å². The Hall–Kier alpha value is -5.62. The van der Waals surface area contributed by atoms with Gasteiger partial charge in [0.1, 0.15) is 22.4 Å². The fraction of sp³-hybridized carbons (Fsp3) is 0.609. The van der Waals surface area contributed by atoms with Gasteiger partial charge in [-0.3, -0.25) is 19.4 Å². The summed E-state index contributed by atoms with van der Waals surface area (Å²) in [6, 6.07) is 10.3. The first kappa shape index (κ1) is 52.7. The molecule has 0 bridgehead atoms. The molecule has 0 saturated carbocycles. The van der Waals surface area contributed by atoms with Gasteiger partial charge in [0.15, 0.2) is 11.6 Å². The van der Waals surface area contributed by atoms with Crippen molar-refractivity contribution in [2.24, 2.45) is 0 Å². The maximum atomic E-state index is 14.2. The lowest BCUT2D eigenvalue weighted by atomic mass is 9.82. The van der Waals surface area contributed by atoms with Crippen LogP contribution in [0.4, 0.5) is 30.6 Å². The van der Waals surface area contributed by atoms with Crippen LogP contribution in [-0.4, -0.2) is 147 Å². The largest absolute Gasteiger partial charge is 0.444 e. The topological polar surface area (TPSA) is 218 Å². The lowest BCUT2D eigenvalue weighted by molar-refractivity contribution is 0.0501. The second-order valence-corrected chi connectivity index (χ2v) is 19.4. The summed E-state index contributed by atoms with van der Waals surface area (Å²) in [5.74, 6) is -0.584. The van der Waals surface area contributed by atoms with Crippen molar-refractivity contribution in [3.8, 4) is 0 Å². The van der Waals surface area contributed by atoms with Gasteiger partial charge in [-0.1, -0.05) is 24.3 Å². The Morgan fingerprint density at radius 3 is 0.922 bits per heavy atom. The van der Waals surface area contributed by atoms with Crippen LogP contribution in [0.5, 0.6) is 0 Å². The lowest BCUT2D eigenvalue weighted by Crippen LogP contribution is -2.43. The number of fused-ring (bicyclic) bond motifs is 2. The molecule has 18 heteroatoms. The molecule has 6 N–H and O–H groups in total. The van der Waals surface area contributed by atoms with Gasteiger partial charge in [-0.25, -0.2) is 19.2 Å². The number of nitrogens with zero attached hydrogens (tertiary/aromatic N) is 2. The molecule has 0 fully saturated rings. The van der Waals surface area contributed by atoms with Crippen molar-refractivity contribution < 1.29 is 47.7 Å². The normalized spacial score (nSPS) is 12.8. The molecule has 2 aromatic rings. The molecule has 3 rings (SSSR count). The summed E-state index contributed by atoms with van der Waals surface area (Å²) in [6.07, 6.45) is -2.17. The first-order chi connectivity index (χ1) is 29.7. The van der Waals surface area contributed by atoms with E-state index in [1.807, 2.05) is 9.80 Å². The molecule has 4 amide bonds. The van der Waals surface area contributed by atoms with E-state index >= 15 is 0 Å². The molecule has 18 nitrogen and oxygen atoms in total. The molecule has 2 aromatic carbocycles. The molecule has 0 aliphatic heterocycles. The first-order valence-corrected chi connectivity index (χ1v) is 21.9. The van der Waals surface area contributed by atoms with E-state index in [9.17, 15) is 28.8 Å². The molecule has 1 aliphatic carbocycles. The second kappa shape index (κ2) is 23.4. The Kier molecular flexibility index (Phi) is 19.2. The van der Waals surface area contributed by atoms with Crippen molar-refractivity contribution >= 4 is 47.3 Å². The standard InChI is InChI=1S/C46H72N8O10/c1-43(2,3)61-39(57)49-21-27-53(28-22-50-40(58)62-44(4,5)6)25-19-47-33-17-18-34(36-35(33)37(55)31-15-13-14-16-32(31)38(36)56)48-20-26-54(29-23-51-41(59)63-45(7,8)9)30-24-52-42(60)64-46(10,11)12/h13-18,47-48H,19-30H2,1-12H3,(H,49,57)(H,50,58)(H,51,59)(H,52,60). The predicted molar refractivity (Wildman–Crippen MR) is 247 cm³/mol. The Labute approximate surface area is 378 Å². The summed E-state index contributed by atoms with van der Waals surface area (Å²) in [5, 5.41) is 17.8. The summed E-state index contributed by atoms with van der Waals surface area (Å²) in [7, 11) is 0. The molecule has 0 saturated heterocycles. The number of alkyl carbamates (subject to hydrolysis) is 4. The van der Waals surface area contributed by atoms with E-state index < -0.39 is 46.8 Å². The quantitative estimate of drug-likeness (QED) is 0.0719. The van der Waals surface area contributed by atoms with Gasteiger partial charge in [0, 0.05) is 101 Å². The Balaban J connectivity index is 1.79. The zero-order chi connectivity index (χ0) is 47.9. The Morgan fingerprint density at radius 1 is 0.422 bits per heavy atom. The second-order valence-electron chi connectivity index (χ2n) is 19.4. The van der Waals surface area contributed by atoms with E-state index in [-0.39, 0.29) is 48.9 Å². The monoisotopic (exact) mass is 897 g/mol. The minimum atomic E-state index is -0.654. The minimum Gasteiger partial charge on any atom is -0.444 e. The van der Waals surface area contributed by atoms with Gasteiger partial charge >= 0.3 is 24.4 Å². The molecule has 0 spiro atoms. The van der Waals surface area contributed by atoms with Crippen LogP contribution in [0.25, 0.3) is 0 Å². The van der Waals surface area contributed by atoms with Gasteiger partial charge in [-0.05, 0) is 95.2 Å². The van der Waals surface area contributed by atoms with Crippen LogP contribution in [0.2, 0.25) is 0 Å². The van der Waals surface area contributed by atoms with Crippen LogP contribution in [0.3, 0.4) is 0 Å². The molecule has 1 aliphatic rings. The molecule has 0 aromatic heterocycles. The van der Waals surface area contributed by atoms with Crippen molar-refractivity contribution in [2.75, 3.05) is 89.2 Å². The molecule has 0 radical (unpaired) electrons. The lowest BCUT2D eigenvalue weighted by Gasteiger charge is -2.27. The predicted octanol–water partition coefficient (Wildman–Crippen LogP) is 5.99. The number of carbonyl (C=O) groups is 6. The zero-order valence-corrected chi connectivity index (χ0v) is 39.9. The third-order valence-electron chi connectivity index (χ3n) is 8.95. The number of ether oxygens (including phenoxy) is 4. The summed E-state index contributed by atoms with van der Waals surface area (Å²) in [4.78, 5) is 81.9. The molecule has 0 atom stereocenters. The van der Waals surface area contributed by atoms with E-state index in [1.54, 1.807) is 119 Å². The van der Waals surface area contributed by atoms with Gasteiger partial charge in [-0.2, -0.15) is 0 Å². The van der Waals surface area contributed by atoms with Crippen molar-refractivity contribution in [3.05, 3.63) is 58.7 Å². The maximum absolute atomic E-state index is 14.2. The van der Waals surface area contributed by atoms with E-state index in [0.717, 1.165) is 0 Å². The fourth-order valence-corrected chi connectivity index (χ4v) is 6.41. The van der Waals surface area contributed by atoms with Crippen LogP contribution < -0.4 is 31.9 Å². The van der Waals surface area contributed by atoms with Gasteiger partial charge in [0.2, 0.25) is 0 Å². The van der Waals surface area contributed by atoms with Crippen molar-refractivity contribution in [2.45, 2.75) is 105 Å².